The molecule has 25 heavy (non-hydrogen) atoms. The molecule has 0 bridgehead atoms. The molecule has 0 aliphatic carbocycles. The van der Waals surface area contributed by atoms with Crippen molar-refractivity contribution in [1.82, 2.24) is 4.98 Å². The van der Waals surface area contributed by atoms with Crippen molar-refractivity contribution in [3.8, 4) is 28.5 Å². The smallest absolute Gasteiger partial charge is 0.142 e. The summed E-state index contributed by atoms with van der Waals surface area (Å²) in [5, 5.41) is 10.4. The average Bonchev–Trinajstić information content (AvgIpc) is 2.58. The van der Waals surface area contributed by atoms with E-state index in [4.69, 9.17) is 28.9 Å². The minimum absolute atomic E-state index is 0.0680. The second kappa shape index (κ2) is 6.72. The van der Waals surface area contributed by atoms with Crippen molar-refractivity contribution in [3.05, 3.63) is 69.5 Å². The van der Waals surface area contributed by atoms with Gasteiger partial charge in [-0.05, 0) is 48.9 Å². The maximum absolute atomic E-state index is 13.2. The highest BCUT2D eigenvalue weighted by atomic mass is 35.5. The van der Waals surface area contributed by atoms with Crippen molar-refractivity contribution in [2.45, 2.75) is 6.92 Å². The number of halogens is 3. The Bertz CT molecular complexity index is 988. The van der Waals surface area contributed by atoms with Crippen LogP contribution in [0.3, 0.4) is 0 Å². The lowest BCUT2D eigenvalue weighted by atomic mass is 9.92. The normalized spacial score (nSPS) is 10.5. The number of nitrogen functional groups attached to an aromatic ring is 1. The quantitative estimate of drug-likeness (QED) is 0.635. The van der Waals surface area contributed by atoms with Gasteiger partial charge in [-0.3, -0.25) is 0 Å². The maximum atomic E-state index is 13.2. The summed E-state index contributed by atoms with van der Waals surface area (Å²) in [6.45, 7) is 1.81. The van der Waals surface area contributed by atoms with E-state index in [1.807, 2.05) is 0 Å². The SMILES string of the molecule is Cc1c(-c2ccc(F)cc2)nc(N)c(C#N)c1-c1c(Cl)cccc1Cl. The molecule has 0 aliphatic heterocycles. The Morgan fingerprint density at radius 1 is 1.04 bits per heavy atom. The first-order chi connectivity index (χ1) is 11.9. The molecule has 124 valence electrons. The fourth-order valence-corrected chi connectivity index (χ4v) is 3.33. The predicted octanol–water partition coefficient (Wildman–Crippen LogP) is 5.62. The molecule has 0 amide bonds. The van der Waals surface area contributed by atoms with Crippen molar-refractivity contribution in [3.63, 3.8) is 0 Å². The third-order valence-electron chi connectivity index (χ3n) is 3.91. The summed E-state index contributed by atoms with van der Waals surface area (Å²) in [5.41, 5.74) is 9.19. The molecular formula is C19H12Cl2FN3. The molecule has 3 rings (SSSR count). The van der Waals surface area contributed by atoms with E-state index in [-0.39, 0.29) is 17.2 Å². The third kappa shape index (κ3) is 3.05. The van der Waals surface area contributed by atoms with E-state index < -0.39 is 0 Å². The monoisotopic (exact) mass is 371 g/mol. The van der Waals surface area contributed by atoms with Crippen LogP contribution in [0, 0.1) is 24.1 Å². The van der Waals surface area contributed by atoms with E-state index in [1.165, 1.54) is 12.1 Å². The Labute approximate surface area is 154 Å². The molecular weight excluding hydrogens is 360 g/mol. The Morgan fingerprint density at radius 3 is 2.20 bits per heavy atom. The number of pyridine rings is 1. The van der Waals surface area contributed by atoms with E-state index in [2.05, 4.69) is 11.1 Å². The molecule has 0 fully saturated rings. The van der Waals surface area contributed by atoms with Gasteiger partial charge in [-0.1, -0.05) is 29.3 Å². The number of hydrogen-bond donors (Lipinski definition) is 1. The van der Waals surface area contributed by atoms with Gasteiger partial charge in [0.05, 0.1) is 5.69 Å². The molecule has 0 aliphatic rings. The van der Waals surface area contributed by atoms with Crippen LogP contribution >= 0.6 is 23.2 Å². The van der Waals surface area contributed by atoms with Gasteiger partial charge < -0.3 is 5.73 Å². The van der Waals surface area contributed by atoms with Crippen molar-refractivity contribution in [1.29, 1.82) is 5.26 Å². The molecule has 0 atom stereocenters. The van der Waals surface area contributed by atoms with Crippen molar-refractivity contribution in [2.24, 2.45) is 0 Å². The third-order valence-corrected chi connectivity index (χ3v) is 4.54. The van der Waals surface area contributed by atoms with Gasteiger partial charge in [0, 0.05) is 26.7 Å². The van der Waals surface area contributed by atoms with E-state index in [9.17, 15) is 9.65 Å². The molecule has 3 aromatic rings. The van der Waals surface area contributed by atoms with Gasteiger partial charge in [-0.15, -0.1) is 0 Å². The highest BCUT2D eigenvalue weighted by Crippen LogP contribution is 2.42. The fraction of sp³-hybridized carbons (Fsp3) is 0.0526. The Hall–Kier alpha value is -2.61. The van der Waals surface area contributed by atoms with Gasteiger partial charge in [-0.25, -0.2) is 9.37 Å². The van der Waals surface area contributed by atoms with E-state index in [1.54, 1.807) is 37.3 Å². The van der Waals surface area contributed by atoms with Gasteiger partial charge in [0.15, 0.2) is 0 Å². The van der Waals surface area contributed by atoms with Crippen LogP contribution in [0.2, 0.25) is 10.0 Å². The number of nitriles is 1. The van der Waals surface area contributed by atoms with Crippen LogP contribution in [-0.4, -0.2) is 4.98 Å². The lowest BCUT2D eigenvalue weighted by molar-refractivity contribution is 0.628. The zero-order chi connectivity index (χ0) is 18.1. The van der Waals surface area contributed by atoms with Gasteiger partial charge in [0.25, 0.3) is 0 Å². The first-order valence-corrected chi connectivity index (χ1v) is 8.10. The predicted molar refractivity (Wildman–Crippen MR) is 99.0 cm³/mol. The Kier molecular flexibility index (Phi) is 4.63. The number of hydrogen-bond acceptors (Lipinski definition) is 3. The van der Waals surface area contributed by atoms with Crippen LogP contribution < -0.4 is 5.73 Å². The van der Waals surface area contributed by atoms with Crippen LogP contribution in [0.15, 0.2) is 42.5 Å². The first-order valence-electron chi connectivity index (χ1n) is 7.34. The molecule has 1 aromatic heterocycles. The number of nitrogens with zero attached hydrogens (tertiary/aromatic N) is 2. The molecule has 3 nitrogen and oxygen atoms in total. The van der Waals surface area contributed by atoms with Gasteiger partial charge in [-0.2, -0.15) is 5.26 Å². The molecule has 0 radical (unpaired) electrons. The molecule has 0 unspecified atom stereocenters. The first kappa shape index (κ1) is 17.2. The molecule has 6 heteroatoms. The van der Waals surface area contributed by atoms with Crippen LogP contribution in [-0.2, 0) is 0 Å². The summed E-state index contributed by atoms with van der Waals surface area (Å²) in [6.07, 6.45) is 0. The van der Waals surface area contributed by atoms with Crippen molar-refractivity contribution >= 4 is 29.0 Å². The average molecular weight is 372 g/mol. The summed E-state index contributed by atoms with van der Waals surface area (Å²) in [4.78, 5) is 4.34. The zero-order valence-electron chi connectivity index (χ0n) is 13.1. The van der Waals surface area contributed by atoms with Crippen molar-refractivity contribution in [2.75, 3.05) is 5.73 Å². The fourth-order valence-electron chi connectivity index (χ4n) is 2.75. The number of rotatable bonds is 2. The maximum Gasteiger partial charge on any atom is 0.142 e. The van der Waals surface area contributed by atoms with Crippen LogP contribution in [0.1, 0.15) is 11.1 Å². The van der Waals surface area contributed by atoms with Crippen LogP contribution in [0.5, 0.6) is 0 Å². The second-order valence-electron chi connectivity index (χ2n) is 5.44. The topological polar surface area (TPSA) is 62.7 Å². The van der Waals surface area contributed by atoms with E-state index >= 15 is 0 Å². The molecule has 2 N–H and O–H groups in total. The summed E-state index contributed by atoms with van der Waals surface area (Å²) in [6, 6.07) is 13.1. The van der Waals surface area contributed by atoms with Gasteiger partial charge in [0.1, 0.15) is 23.3 Å². The molecule has 0 saturated carbocycles. The van der Waals surface area contributed by atoms with Crippen LogP contribution in [0.4, 0.5) is 10.2 Å². The lowest BCUT2D eigenvalue weighted by Crippen LogP contribution is -2.04. The molecule has 0 saturated heterocycles. The summed E-state index contributed by atoms with van der Waals surface area (Å²) >= 11 is 12.7. The minimum atomic E-state index is -0.350. The number of benzene rings is 2. The van der Waals surface area contributed by atoms with Gasteiger partial charge >= 0.3 is 0 Å². The highest BCUT2D eigenvalue weighted by Gasteiger charge is 2.21. The largest absolute Gasteiger partial charge is 0.383 e. The Balaban J connectivity index is 2.39. The second-order valence-corrected chi connectivity index (χ2v) is 6.25. The molecule has 0 spiro atoms. The number of anilines is 1. The molecule has 1 heterocycles. The number of nitrogens with two attached hydrogens (primary N) is 1. The zero-order valence-corrected chi connectivity index (χ0v) is 14.7. The highest BCUT2D eigenvalue weighted by molar-refractivity contribution is 6.39. The standard InChI is InChI=1S/C19H12Cl2FN3/c1-10-16(17-14(20)3-2-4-15(17)21)13(9-23)19(24)25-18(10)11-5-7-12(22)8-6-11/h2-8H,1H3,(H2,24,25). The van der Waals surface area contributed by atoms with E-state index in [0.717, 1.165) is 0 Å². The minimum Gasteiger partial charge on any atom is -0.383 e. The van der Waals surface area contributed by atoms with Crippen molar-refractivity contribution < 1.29 is 4.39 Å². The van der Waals surface area contributed by atoms with E-state index in [0.29, 0.717) is 38.0 Å². The summed E-state index contributed by atoms with van der Waals surface area (Å²) in [5.74, 6) is -0.282. The van der Waals surface area contributed by atoms with Gasteiger partial charge in [0.2, 0.25) is 0 Å². The summed E-state index contributed by atoms with van der Waals surface area (Å²) < 4.78 is 13.2. The van der Waals surface area contributed by atoms with Crippen LogP contribution in [0.25, 0.3) is 22.4 Å². The Morgan fingerprint density at radius 2 is 1.64 bits per heavy atom. The molecule has 2 aromatic carbocycles. The number of aromatic nitrogens is 1. The summed E-state index contributed by atoms with van der Waals surface area (Å²) in [7, 11) is 0. The lowest BCUT2D eigenvalue weighted by Gasteiger charge is -2.17.